The lowest BCUT2D eigenvalue weighted by atomic mass is 9.90. The fourth-order valence-electron chi connectivity index (χ4n) is 4.06. The predicted octanol–water partition coefficient (Wildman–Crippen LogP) is 4.53. The second-order valence-corrected chi connectivity index (χ2v) is 7.63. The van der Waals surface area contributed by atoms with Gasteiger partial charge < -0.3 is 0 Å². The van der Waals surface area contributed by atoms with E-state index in [1.165, 1.54) is 17.0 Å². The number of carbonyl (C=O) groups excluding carboxylic acids is 2. The lowest BCUT2D eigenvalue weighted by Gasteiger charge is -2.28. The van der Waals surface area contributed by atoms with Crippen LogP contribution in [0.4, 0.5) is 15.8 Å². The highest BCUT2D eigenvalue weighted by molar-refractivity contribution is 6.30. The van der Waals surface area contributed by atoms with E-state index in [1.54, 1.807) is 65.7 Å². The molecule has 2 amide bonds. The Kier molecular flexibility index (Phi) is 4.53. The number of nitrogens with zero attached hydrogens (tertiary/aromatic N) is 2. The molecule has 5 rings (SSSR count). The molecule has 0 saturated carbocycles. The molecule has 5 nitrogen and oxygen atoms in total. The number of fused-ring (bicyclic) bond motifs is 1. The summed E-state index contributed by atoms with van der Waals surface area (Å²) in [4.78, 5) is 33.7. The molecule has 3 atom stereocenters. The Morgan fingerprint density at radius 1 is 0.800 bits per heavy atom. The van der Waals surface area contributed by atoms with Crippen LogP contribution in [0.3, 0.4) is 0 Å². The standard InChI is InChI=1S/C23H16ClFN2O3/c24-15-8-12-18(13-9-15)27-20(14-6-10-16(25)11-7-14)19-21(30-27)23(29)26(22(19)28)17-4-2-1-3-5-17/h1-13,19-21H/t19-,20+,21+/m0/s1. The van der Waals surface area contributed by atoms with Crippen LogP contribution in [0.5, 0.6) is 0 Å². The summed E-state index contributed by atoms with van der Waals surface area (Å²) in [5.41, 5.74) is 1.83. The molecule has 0 spiro atoms. The smallest absolute Gasteiger partial charge is 0.266 e. The molecule has 2 aliphatic heterocycles. The number of anilines is 2. The molecule has 30 heavy (non-hydrogen) atoms. The molecule has 0 unspecified atom stereocenters. The van der Waals surface area contributed by atoms with E-state index >= 15 is 0 Å². The average molecular weight is 423 g/mol. The van der Waals surface area contributed by atoms with Crippen molar-refractivity contribution in [3.63, 3.8) is 0 Å². The molecule has 0 bridgehead atoms. The molecule has 3 aromatic rings. The molecule has 2 heterocycles. The van der Waals surface area contributed by atoms with Gasteiger partial charge in [0.25, 0.3) is 5.91 Å². The van der Waals surface area contributed by atoms with Crippen LogP contribution >= 0.6 is 11.6 Å². The van der Waals surface area contributed by atoms with Crippen LogP contribution in [-0.4, -0.2) is 17.9 Å². The lowest BCUT2D eigenvalue weighted by molar-refractivity contribution is -0.126. The quantitative estimate of drug-likeness (QED) is 0.582. The van der Waals surface area contributed by atoms with Gasteiger partial charge in [-0.15, -0.1) is 0 Å². The van der Waals surface area contributed by atoms with E-state index in [-0.39, 0.29) is 11.7 Å². The summed E-state index contributed by atoms with van der Waals surface area (Å²) >= 11 is 6.00. The number of hydrogen-bond acceptors (Lipinski definition) is 4. The van der Waals surface area contributed by atoms with Crippen LogP contribution in [0.15, 0.2) is 78.9 Å². The second-order valence-electron chi connectivity index (χ2n) is 7.20. The number of rotatable bonds is 3. The Morgan fingerprint density at radius 3 is 2.13 bits per heavy atom. The van der Waals surface area contributed by atoms with Gasteiger partial charge >= 0.3 is 0 Å². The summed E-state index contributed by atoms with van der Waals surface area (Å²) < 4.78 is 13.5. The fraction of sp³-hybridized carbons (Fsp3) is 0.130. The van der Waals surface area contributed by atoms with Gasteiger partial charge in [0.1, 0.15) is 11.7 Å². The maximum atomic E-state index is 13.5. The maximum Gasteiger partial charge on any atom is 0.266 e. The molecule has 3 aromatic carbocycles. The van der Waals surface area contributed by atoms with Crippen LogP contribution in [-0.2, 0) is 14.4 Å². The molecule has 2 fully saturated rings. The molecule has 2 aliphatic rings. The minimum atomic E-state index is -0.969. The van der Waals surface area contributed by atoms with Crippen LogP contribution in [0.1, 0.15) is 11.6 Å². The van der Waals surface area contributed by atoms with Gasteiger partial charge in [-0.3, -0.25) is 14.4 Å². The Labute approximate surface area is 177 Å². The van der Waals surface area contributed by atoms with E-state index in [2.05, 4.69) is 0 Å². The molecule has 7 heteroatoms. The molecule has 0 aromatic heterocycles. The van der Waals surface area contributed by atoms with Crippen LogP contribution in [0, 0.1) is 11.7 Å². The summed E-state index contributed by atoms with van der Waals surface area (Å²) in [6.07, 6.45) is -0.969. The van der Waals surface area contributed by atoms with E-state index in [0.717, 1.165) is 0 Å². The third-order valence-corrected chi connectivity index (χ3v) is 5.67. The monoisotopic (exact) mass is 422 g/mol. The maximum absolute atomic E-state index is 13.5. The first kappa shape index (κ1) is 18.8. The first-order valence-electron chi connectivity index (χ1n) is 9.44. The van der Waals surface area contributed by atoms with Crippen molar-refractivity contribution in [2.24, 2.45) is 5.92 Å². The first-order chi connectivity index (χ1) is 14.5. The average Bonchev–Trinajstić information content (AvgIpc) is 3.26. The first-order valence-corrected chi connectivity index (χ1v) is 9.82. The normalized spacial score (nSPS) is 23.2. The highest BCUT2D eigenvalue weighted by Crippen LogP contribution is 2.47. The summed E-state index contributed by atoms with van der Waals surface area (Å²) in [5.74, 6) is -1.91. The summed E-state index contributed by atoms with van der Waals surface area (Å²) in [7, 11) is 0. The highest BCUT2D eigenvalue weighted by Gasteiger charge is 2.60. The van der Waals surface area contributed by atoms with E-state index in [9.17, 15) is 14.0 Å². The van der Waals surface area contributed by atoms with Gasteiger partial charge in [0.05, 0.1) is 17.4 Å². The minimum Gasteiger partial charge on any atom is -0.273 e. The van der Waals surface area contributed by atoms with Crippen molar-refractivity contribution in [1.29, 1.82) is 0 Å². The molecule has 0 N–H and O–H groups in total. The predicted molar refractivity (Wildman–Crippen MR) is 110 cm³/mol. The fourth-order valence-corrected chi connectivity index (χ4v) is 4.18. The van der Waals surface area contributed by atoms with Gasteiger partial charge in [0.15, 0.2) is 6.10 Å². The van der Waals surface area contributed by atoms with Gasteiger partial charge in [0, 0.05) is 5.02 Å². The van der Waals surface area contributed by atoms with E-state index < -0.39 is 24.0 Å². The van der Waals surface area contributed by atoms with Crippen molar-refractivity contribution in [3.8, 4) is 0 Å². The number of carbonyl (C=O) groups is 2. The number of benzene rings is 3. The number of amides is 2. The summed E-state index contributed by atoms with van der Waals surface area (Å²) in [6, 6.07) is 21.0. The lowest BCUT2D eigenvalue weighted by Crippen LogP contribution is -2.37. The van der Waals surface area contributed by atoms with Crippen LogP contribution < -0.4 is 9.96 Å². The number of para-hydroxylation sites is 1. The van der Waals surface area contributed by atoms with Crippen molar-refractivity contribution in [2.45, 2.75) is 12.1 Å². The molecular formula is C23H16ClFN2O3. The number of hydroxylamine groups is 1. The largest absolute Gasteiger partial charge is 0.273 e. The third-order valence-electron chi connectivity index (χ3n) is 5.42. The zero-order valence-electron chi connectivity index (χ0n) is 15.6. The van der Waals surface area contributed by atoms with E-state index in [4.69, 9.17) is 16.4 Å². The van der Waals surface area contributed by atoms with Crippen molar-refractivity contribution in [2.75, 3.05) is 9.96 Å². The molecule has 0 radical (unpaired) electrons. The third kappa shape index (κ3) is 2.96. The Balaban J connectivity index is 1.59. The van der Waals surface area contributed by atoms with Gasteiger partial charge in [-0.05, 0) is 54.1 Å². The summed E-state index contributed by atoms with van der Waals surface area (Å²) in [6.45, 7) is 0. The topological polar surface area (TPSA) is 49.9 Å². The zero-order valence-corrected chi connectivity index (χ0v) is 16.4. The van der Waals surface area contributed by atoms with Crippen LogP contribution in [0.25, 0.3) is 0 Å². The molecule has 2 saturated heterocycles. The van der Waals surface area contributed by atoms with Gasteiger partial charge in [-0.25, -0.2) is 14.4 Å². The van der Waals surface area contributed by atoms with Crippen LogP contribution in [0.2, 0.25) is 5.02 Å². The minimum absolute atomic E-state index is 0.345. The van der Waals surface area contributed by atoms with E-state index in [0.29, 0.717) is 22.0 Å². The van der Waals surface area contributed by atoms with Gasteiger partial charge in [-0.1, -0.05) is 41.9 Å². The Bertz CT molecular complexity index is 1110. The second kappa shape index (κ2) is 7.23. The zero-order chi connectivity index (χ0) is 20.8. The number of halogens is 2. The van der Waals surface area contributed by atoms with Crippen molar-refractivity contribution >= 4 is 34.8 Å². The number of imide groups is 1. The van der Waals surface area contributed by atoms with E-state index in [1.807, 2.05) is 6.07 Å². The highest BCUT2D eigenvalue weighted by atomic mass is 35.5. The Morgan fingerprint density at radius 2 is 1.47 bits per heavy atom. The Hall–Kier alpha value is -3.22. The van der Waals surface area contributed by atoms with Gasteiger partial charge in [-0.2, -0.15) is 0 Å². The molecule has 150 valence electrons. The van der Waals surface area contributed by atoms with Gasteiger partial charge in [0.2, 0.25) is 5.91 Å². The molecular weight excluding hydrogens is 407 g/mol. The molecule has 0 aliphatic carbocycles. The van der Waals surface area contributed by atoms with Crippen molar-refractivity contribution in [3.05, 3.63) is 95.3 Å². The number of hydrogen-bond donors (Lipinski definition) is 0. The van der Waals surface area contributed by atoms with Crippen molar-refractivity contribution in [1.82, 2.24) is 0 Å². The summed E-state index contributed by atoms with van der Waals surface area (Å²) in [5, 5.41) is 2.11. The SMILES string of the molecule is O=C1[C@H]2[C@@H](c3ccc(F)cc3)N(c3ccc(Cl)cc3)O[C@H]2C(=O)N1c1ccccc1. The van der Waals surface area contributed by atoms with Crippen molar-refractivity contribution < 1.29 is 18.8 Å².